The SMILES string of the molecule is C/C(=N\Nc1nc2cc(F)c(F)cc2n1C)c1ccc(OCCCN2CCOCC2)cn1. The minimum atomic E-state index is -0.936. The maximum absolute atomic E-state index is 13.5. The molecule has 1 N–H and O–H groups in total. The number of nitrogens with one attached hydrogen (secondary N) is 1. The molecule has 0 atom stereocenters. The van der Waals surface area contributed by atoms with Gasteiger partial charge in [0.15, 0.2) is 11.6 Å². The van der Waals surface area contributed by atoms with E-state index in [9.17, 15) is 8.78 Å². The number of anilines is 1. The highest BCUT2D eigenvalue weighted by atomic mass is 19.2. The Hall–Kier alpha value is -3.11. The van der Waals surface area contributed by atoms with Crippen LogP contribution < -0.4 is 10.2 Å². The molecule has 0 saturated carbocycles. The number of aromatic nitrogens is 3. The second-order valence-electron chi connectivity index (χ2n) is 7.59. The predicted molar refractivity (Wildman–Crippen MR) is 118 cm³/mol. The first kappa shape index (κ1) is 22.1. The first-order valence-corrected chi connectivity index (χ1v) is 10.5. The lowest BCUT2D eigenvalue weighted by Gasteiger charge is -2.26. The Balaban J connectivity index is 1.31. The summed E-state index contributed by atoms with van der Waals surface area (Å²) in [5, 5.41) is 4.30. The fraction of sp³-hybridized carbons (Fsp3) is 0.409. The molecule has 3 heterocycles. The van der Waals surface area contributed by atoms with Gasteiger partial charge in [0.2, 0.25) is 5.95 Å². The van der Waals surface area contributed by atoms with Crippen LogP contribution in [0.2, 0.25) is 0 Å². The van der Waals surface area contributed by atoms with Crippen LogP contribution in [-0.2, 0) is 11.8 Å². The van der Waals surface area contributed by atoms with Crippen molar-refractivity contribution in [3.63, 3.8) is 0 Å². The zero-order valence-corrected chi connectivity index (χ0v) is 18.1. The Morgan fingerprint density at radius 3 is 2.75 bits per heavy atom. The summed E-state index contributed by atoms with van der Waals surface area (Å²) in [4.78, 5) is 11.0. The molecule has 1 aliphatic heterocycles. The van der Waals surface area contributed by atoms with Gasteiger partial charge >= 0.3 is 0 Å². The van der Waals surface area contributed by atoms with Gasteiger partial charge in [0.05, 0.1) is 48.5 Å². The van der Waals surface area contributed by atoms with Crippen molar-refractivity contribution in [3.8, 4) is 5.75 Å². The summed E-state index contributed by atoms with van der Waals surface area (Å²) in [7, 11) is 1.70. The highest BCUT2D eigenvalue weighted by Crippen LogP contribution is 2.21. The number of ether oxygens (including phenoxy) is 2. The van der Waals surface area contributed by atoms with Gasteiger partial charge in [-0.2, -0.15) is 5.10 Å². The molecule has 0 unspecified atom stereocenters. The summed E-state index contributed by atoms with van der Waals surface area (Å²) in [6.07, 6.45) is 2.61. The van der Waals surface area contributed by atoms with E-state index in [0.717, 1.165) is 51.4 Å². The average molecular weight is 444 g/mol. The molecule has 0 spiro atoms. The van der Waals surface area contributed by atoms with Gasteiger partial charge in [0.25, 0.3) is 0 Å². The highest BCUT2D eigenvalue weighted by molar-refractivity contribution is 5.97. The van der Waals surface area contributed by atoms with Gasteiger partial charge in [-0.3, -0.25) is 9.88 Å². The summed E-state index contributed by atoms with van der Waals surface area (Å²) < 4.78 is 39.7. The van der Waals surface area contributed by atoms with E-state index in [1.54, 1.807) is 24.7 Å². The molecule has 32 heavy (non-hydrogen) atoms. The molecule has 1 saturated heterocycles. The minimum absolute atomic E-state index is 0.343. The van der Waals surface area contributed by atoms with E-state index in [4.69, 9.17) is 9.47 Å². The Morgan fingerprint density at radius 2 is 2.00 bits per heavy atom. The molecular weight excluding hydrogens is 418 g/mol. The first-order chi connectivity index (χ1) is 15.5. The van der Waals surface area contributed by atoms with Gasteiger partial charge in [-0.15, -0.1) is 0 Å². The van der Waals surface area contributed by atoms with E-state index in [2.05, 4.69) is 25.4 Å². The minimum Gasteiger partial charge on any atom is -0.492 e. The molecule has 0 amide bonds. The van der Waals surface area contributed by atoms with Crippen LogP contribution in [0, 0.1) is 11.6 Å². The van der Waals surface area contributed by atoms with Crippen LogP contribution in [-0.4, -0.2) is 64.6 Å². The number of benzene rings is 1. The molecule has 1 fully saturated rings. The smallest absolute Gasteiger partial charge is 0.224 e. The van der Waals surface area contributed by atoms with E-state index in [1.165, 1.54) is 0 Å². The molecule has 0 aliphatic carbocycles. The Bertz CT molecular complexity index is 1090. The van der Waals surface area contributed by atoms with Gasteiger partial charge in [-0.1, -0.05) is 0 Å². The van der Waals surface area contributed by atoms with Crippen LogP contribution >= 0.6 is 0 Å². The largest absolute Gasteiger partial charge is 0.492 e. The topological polar surface area (TPSA) is 76.8 Å². The molecular formula is C22H26F2N6O2. The number of fused-ring (bicyclic) bond motifs is 1. The lowest BCUT2D eigenvalue weighted by Crippen LogP contribution is -2.37. The normalized spacial score (nSPS) is 15.3. The number of imidazole rings is 1. The zero-order valence-electron chi connectivity index (χ0n) is 18.1. The number of aryl methyl sites for hydroxylation is 1. The fourth-order valence-corrected chi connectivity index (χ4v) is 3.46. The first-order valence-electron chi connectivity index (χ1n) is 10.5. The summed E-state index contributed by atoms with van der Waals surface area (Å²) in [6.45, 7) is 6.98. The molecule has 10 heteroatoms. The fourth-order valence-electron chi connectivity index (χ4n) is 3.46. The van der Waals surface area contributed by atoms with Crippen LogP contribution in [0.4, 0.5) is 14.7 Å². The van der Waals surface area contributed by atoms with Crippen molar-refractivity contribution < 1.29 is 18.3 Å². The molecule has 0 radical (unpaired) electrons. The Kier molecular flexibility index (Phi) is 6.91. The number of nitrogens with zero attached hydrogens (tertiary/aromatic N) is 5. The van der Waals surface area contributed by atoms with Crippen molar-refractivity contribution in [2.24, 2.45) is 12.1 Å². The molecule has 1 aliphatic rings. The zero-order chi connectivity index (χ0) is 22.5. The van der Waals surface area contributed by atoms with E-state index in [-0.39, 0.29) is 0 Å². The van der Waals surface area contributed by atoms with Gasteiger partial charge in [-0.25, -0.2) is 19.2 Å². The third-order valence-corrected chi connectivity index (χ3v) is 5.34. The standard InChI is InChI=1S/C22H26F2N6O2/c1-15(27-28-22-26-20-12-17(23)18(24)13-21(20)29(22)2)19-5-4-16(14-25-19)32-9-3-6-30-7-10-31-11-8-30/h4-5,12-14H,3,6-11H2,1-2H3,(H,26,28)/b27-15+. The molecule has 8 nitrogen and oxygen atoms in total. The van der Waals surface area contributed by atoms with Gasteiger partial charge in [0, 0.05) is 38.8 Å². The molecule has 170 valence electrons. The third kappa shape index (κ3) is 5.20. The van der Waals surface area contributed by atoms with Crippen molar-refractivity contribution >= 4 is 22.7 Å². The molecule has 1 aromatic carbocycles. The lowest BCUT2D eigenvalue weighted by atomic mass is 10.2. The predicted octanol–water partition coefficient (Wildman–Crippen LogP) is 3.18. The van der Waals surface area contributed by atoms with Crippen molar-refractivity contribution in [2.45, 2.75) is 13.3 Å². The van der Waals surface area contributed by atoms with E-state index < -0.39 is 11.6 Å². The number of hydrogen-bond donors (Lipinski definition) is 1. The summed E-state index contributed by atoms with van der Waals surface area (Å²) in [5.74, 6) is -0.783. The molecule has 4 rings (SSSR count). The number of pyridine rings is 1. The highest BCUT2D eigenvalue weighted by Gasteiger charge is 2.12. The number of rotatable bonds is 8. The average Bonchev–Trinajstić information content (AvgIpc) is 3.11. The number of morpholine rings is 1. The summed E-state index contributed by atoms with van der Waals surface area (Å²) in [6, 6.07) is 5.86. The van der Waals surface area contributed by atoms with Crippen molar-refractivity contribution in [1.82, 2.24) is 19.4 Å². The van der Waals surface area contributed by atoms with Gasteiger partial charge in [0.1, 0.15) is 5.75 Å². The monoisotopic (exact) mass is 444 g/mol. The second-order valence-corrected chi connectivity index (χ2v) is 7.59. The van der Waals surface area contributed by atoms with Crippen molar-refractivity contribution in [3.05, 3.63) is 47.8 Å². The third-order valence-electron chi connectivity index (χ3n) is 5.34. The van der Waals surface area contributed by atoms with E-state index in [1.807, 2.05) is 12.1 Å². The number of halogens is 2. The van der Waals surface area contributed by atoms with E-state index >= 15 is 0 Å². The number of hydrazone groups is 1. The van der Waals surface area contributed by atoms with Crippen LogP contribution in [0.5, 0.6) is 5.75 Å². The maximum atomic E-state index is 13.5. The number of hydrogen-bond acceptors (Lipinski definition) is 7. The lowest BCUT2D eigenvalue weighted by molar-refractivity contribution is 0.0358. The second kappa shape index (κ2) is 10.0. The van der Waals surface area contributed by atoms with Crippen LogP contribution in [0.3, 0.4) is 0 Å². The van der Waals surface area contributed by atoms with Crippen molar-refractivity contribution in [2.75, 3.05) is 44.9 Å². The van der Waals surface area contributed by atoms with Gasteiger partial charge < -0.3 is 14.0 Å². The maximum Gasteiger partial charge on any atom is 0.224 e. The van der Waals surface area contributed by atoms with Crippen LogP contribution in [0.1, 0.15) is 19.0 Å². The van der Waals surface area contributed by atoms with Crippen LogP contribution in [0.25, 0.3) is 11.0 Å². The molecule has 2 aromatic heterocycles. The molecule has 3 aromatic rings. The summed E-state index contributed by atoms with van der Waals surface area (Å²) in [5.41, 5.74) is 4.95. The summed E-state index contributed by atoms with van der Waals surface area (Å²) >= 11 is 0. The van der Waals surface area contributed by atoms with Gasteiger partial charge in [-0.05, 0) is 25.5 Å². The molecule has 0 bridgehead atoms. The van der Waals surface area contributed by atoms with Crippen molar-refractivity contribution in [1.29, 1.82) is 0 Å². The quantitative estimate of drug-likeness (QED) is 0.327. The van der Waals surface area contributed by atoms with Crippen LogP contribution in [0.15, 0.2) is 35.6 Å². The van der Waals surface area contributed by atoms with E-state index in [0.29, 0.717) is 40.7 Å². The Morgan fingerprint density at radius 1 is 1.22 bits per heavy atom. The Labute approximate surface area is 184 Å².